The number of hydrogen-bond donors (Lipinski definition) is 1. The van der Waals surface area contributed by atoms with Crippen LogP contribution in [0.5, 0.6) is 0 Å². The SMILES string of the molecule is O=C(NCc1cccc(F)c1)c1cc(F)c(F)c(F)c1. The van der Waals surface area contributed by atoms with Gasteiger partial charge in [0, 0.05) is 12.1 Å². The molecule has 0 radical (unpaired) electrons. The maximum Gasteiger partial charge on any atom is 0.251 e. The predicted octanol–water partition coefficient (Wildman–Crippen LogP) is 3.17. The van der Waals surface area contributed by atoms with Crippen molar-refractivity contribution in [3.05, 3.63) is 70.8 Å². The van der Waals surface area contributed by atoms with Crippen molar-refractivity contribution in [3.8, 4) is 0 Å². The summed E-state index contributed by atoms with van der Waals surface area (Å²) >= 11 is 0. The molecule has 1 amide bonds. The Morgan fingerprint density at radius 2 is 1.65 bits per heavy atom. The number of amides is 1. The zero-order valence-electron chi connectivity index (χ0n) is 10.1. The summed E-state index contributed by atoms with van der Waals surface area (Å²) < 4.78 is 51.6. The van der Waals surface area contributed by atoms with Crippen molar-refractivity contribution in [2.75, 3.05) is 0 Å². The second-order valence-corrected chi connectivity index (χ2v) is 4.07. The van der Waals surface area contributed by atoms with Crippen LogP contribution in [0.15, 0.2) is 36.4 Å². The van der Waals surface area contributed by atoms with Crippen LogP contribution in [-0.2, 0) is 6.54 Å². The Morgan fingerprint density at radius 1 is 1.00 bits per heavy atom. The molecule has 0 saturated heterocycles. The molecule has 104 valence electrons. The highest BCUT2D eigenvalue weighted by atomic mass is 19.2. The van der Waals surface area contributed by atoms with Crippen molar-refractivity contribution in [1.82, 2.24) is 5.32 Å². The molecule has 0 unspecified atom stereocenters. The zero-order chi connectivity index (χ0) is 14.7. The van der Waals surface area contributed by atoms with E-state index < -0.39 is 29.2 Å². The fourth-order valence-electron chi connectivity index (χ4n) is 1.62. The third-order valence-corrected chi connectivity index (χ3v) is 2.59. The van der Waals surface area contributed by atoms with Crippen molar-refractivity contribution in [1.29, 1.82) is 0 Å². The van der Waals surface area contributed by atoms with Gasteiger partial charge in [-0.25, -0.2) is 17.6 Å². The molecule has 20 heavy (non-hydrogen) atoms. The zero-order valence-corrected chi connectivity index (χ0v) is 10.1. The average molecular weight is 283 g/mol. The first-order valence-electron chi connectivity index (χ1n) is 5.64. The molecule has 2 rings (SSSR count). The van der Waals surface area contributed by atoms with Gasteiger partial charge in [0.2, 0.25) is 0 Å². The van der Waals surface area contributed by atoms with Gasteiger partial charge in [0.1, 0.15) is 5.82 Å². The van der Waals surface area contributed by atoms with Gasteiger partial charge in [0.15, 0.2) is 17.5 Å². The predicted molar refractivity (Wildman–Crippen MR) is 63.9 cm³/mol. The van der Waals surface area contributed by atoms with E-state index in [0.717, 1.165) is 0 Å². The van der Waals surface area contributed by atoms with Crippen molar-refractivity contribution in [3.63, 3.8) is 0 Å². The molecule has 0 aliphatic carbocycles. The smallest absolute Gasteiger partial charge is 0.251 e. The Labute approximate surface area is 112 Å². The van der Waals surface area contributed by atoms with Crippen LogP contribution in [0.1, 0.15) is 15.9 Å². The van der Waals surface area contributed by atoms with Crippen LogP contribution < -0.4 is 5.32 Å². The van der Waals surface area contributed by atoms with Gasteiger partial charge < -0.3 is 5.32 Å². The molecule has 0 bridgehead atoms. The van der Waals surface area contributed by atoms with Crippen molar-refractivity contribution in [2.45, 2.75) is 6.54 Å². The molecular formula is C14H9F4NO. The van der Waals surface area contributed by atoms with Crippen LogP contribution in [-0.4, -0.2) is 5.91 Å². The molecule has 0 heterocycles. The third kappa shape index (κ3) is 3.14. The van der Waals surface area contributed by atoms with Crippen LogP contribution >= 0.6 is 0 Å². The quantitative estimate of drug-likeness (QED) is 0.680. The Bertz CT molecular complexity index is 634. The maximum absolute atomic E-state index is 13.0. The van der Waals surface area contributed by atoms with E-state index in [2.05, 4.69) is 5.32 Å². The van der Waals surface area contributed by atoms with Crippen molar-refractivity contribution < 1.29 is 22.4 Å². The Hall–Kier alpha value is -2.37. The van der Waals surface area contributed by atoms with Gasteiger partial charge in [-0.15, -0.1) is 0 Å². The van der Waals surface area contributed by atoms with E-state index in [-0.39, 0.29) is 12.1 Å². The van der Waals surface area contributed by atoms with E-state index in [1.807, 2.05) is 0 Å². The third-order valence-electron chi connectivity index (χ3n) is 2.59. The first kappa shape index (κ1) is 14.0. The van der Waals surface area contributed by atoms with E-state index in [0.29, 0.717) is 17.7 Å². The normalized spacial score (nSPS) is 10.4. The molecule has 1 N–H and O–H groups in total. The minimum absolute atomic E-state index is 0.0167. The van der Waals surface area contributed by atoms with Crippen LogP contribution in [0.2, 0.25) is 0 Å². The van der Waals surface area contributed by atoms with Gasteiger partial charge in [-0.1, -0.05) is 12.1 Å². The summed E-state index contributed by atoms with van der Waals surface area (Å²) in [5.41, 5.74) is 0.138. The molecule has 0 aliphatic heterocycles. The molecule has 0 aliphatic rings. The van der Waals surface area contributed by atoms with Crippen LogP contribution in [0.3, 0.4) is 0 Å². The molecular weight excluding hydrogens is 274 g/mol. The number of nitrogens with one attached hydrogen (secondary N) is 1. The molecule has 2 aromatic rings. The largest absolute Gasteiger partial charge is 0.348 e. The van der Waals surface area contributed by atoms with E-state index in [1.165, 1.54) is 18.2 Å². The van der Waals surface area contributed by atoms with Gasteiger partial charge in [-0.2, -0.15) is 0 Å². The van der Waals surface area contributed by atoms with Crippen LogP contribution in [0, 0.1) is 23.3 Å². The monoisotopic (exact) mass is 283 g/mol. The lowest BCUT2D eigenvalue weighted by Crippen LogP contribution is -2.23. The Kier molecular flexibility index (Phi) is 4.02. The minimum Gasteiger partial charge on any atom is -0.348 e. The number of benzene rings is 2. The molecule has 0 spiro atoms. The lowest BCUT2D eigenvalue weighted by atomic mass is 10.1. The van der Waals surface area contributed by atoms with Crippen molar-refractivity contribution >= 4 is 5.91 Å². The first-order valence-corrected chi connectivity index (χ1v) is 5.64. The standard InChI is InChI=1S/C14H9F4NO/c15-10-3-1-2-8(4-10)7-19-14(20)9-5-11(16)13(18)12(17)6-9/h1-6H,7H2,(H,19,20). The van der Waals surface area contributed by atoms with Gasteiger partial charge in [-0.3, -0.25) is 4.79 Å². The molecule has 6 heteroatoms. The summed E-state index contributed by atoms with van der Waals surface area (Å²) in [6.45, 7) is -0.0167. The highest BCUT2D eigenvalue weighted by Crippen LogP contribution is 2.13. The van der Waals surface area contributed by atoms with Gasteiger partial charge in [0.25, 0.3) is 5.91 Å². The van der Waals surface area contributed by atoms with E-state index >= 15 is 0 Å². The second-order valence-electron chi connectivity index (χ2n) is 4.07. The summed E-state index contributed by atoms with van der Waals surface area (Å²) in [5.74, 6) is -5.77. The summed E-state index contributed by atoms with van der Waals surface area (Å²) in [5, 5.41) is 2.35. The average Bonchev–Trinajstić information content (AvgIpc) is 2.41. The topological polar surface area (TPSA) is 29.1 Å². The number of halogens is 4. The lowest BCUT2D eigenvalue weighted by Gasteiger charge is -2.06. The molecule has 2 aromatic carbocycles. The first-order chi connectivity index (χ1) is 9.47. The fraction of sp³-hybridized carbons (Fsp3) is 0.0714. The summed E-state index contributed by atoms with van der Waals surface area (Å²) in [6.07, 6.45) is 0. The van der Waals surface area contributed by atoms with Crippen LogP contribution in [0.25, 0.3) is 0 Å². The summed E-state index contributed by atoms with van der Waals surface area (Å²) in [6, 6.07) is 6.70. The molecule has 0 saturated carbocycles. The summed E-state index contributed by atoms with van der Waals surface area (Å²) in [7, 11) is 0. The van der Waals surface area contributed by atoms with Gasteiger partial charge in [-0.05, 0) is 29.8 Å². The van der Waals surface area contributed by atoms with E-state index in [1.54, 1.807) is 6.07 Å². The maximum atomic E-state index is 13.0. The van der Waals surface area contributed by atoms with Crippen molar-refractivity contribution in [2.24, 2.45) is 0 Å². The number of hydrogen-bond acceptors (Lipinski definition) is 1. The Balaban J connectivity index is 2.09. The van der Waals surface area contributed by atoms with Gasteiger partial charge >= 0.3 is 0 Å². The van der Waals surface area contributed by atoms with E-state index in [4.69, 9.17) is 0 Å². The minimum atomic E-state index is -1.63. The summed E-state index contributed by atoms with van der Waals surface area (Å²) in [4.78, 5) is 11.7. The fourth-order valence-corrected chi connectivity index (χ4v) is 1.62. The van der Waals surface area contributed by atoms with E-state index in [9.17, 15) is 22.4 Å². The Morgan fingerprint density at radius 3 is 2.25 bits per heavy atom. The molecule has 0 atom stereocenters. The number of rotatable bonds is 3. The van der Waals surface area contributed by atoms with Crippen LogP contribution in [0.4, 0.5) is 17.6 Å². The molecule has 0 fully saturated rings. The lowest BCUT2D eigenvalue weighted by molar-refractivity contribution is 0.0949. The number of carbonyl (C=O) groups excluding carboxylic acids is 1. The highest BCUT2D eigenvalue weighted by Gasteiger charge is 2.14. The van der Waals surface area contributed by atoms with Gasteiger partial charge in [0.05, 0.1) is 0 Å². The highest BCUT2D eigenvalue weighted by molar-refractivity contribution is 5.94. The number of carbonyl (C=O) groups is 1. The second kappa shape index (κ2) is 5.73. The molecule has 2 nitrogen and oxygen atoms in total. The molecule has 0 aromatic heterocycles.